The van der Waals surface area contributed by atoms with Crippen LogP contribution in [-0.2, 0) is 22.4 Å². The third kappa shape index (κ3) is 2.81. The van der Waals surface area contributed by atoms with Crippen molar-refractivity contribution in [3.63, 3.8) is 0 Å². The highest BCUT2D eigenvalue weighted by atomic mass is 32.1. The standard InChI is InChI=1S/C14H17NO3S/c1-8(13(16)15-10-5-6-10)18-14(17)12-7-9-3-2-4-11(9)19-12/h7-8,10H,2-6H2,1H3,(H,15,16)/t8-/m1/s1. The van der Waals surface area contributed by atoms with Gasteiger partial charge in [0.15, 0.2) is 6.10 Å². The first-order valence-electron chi connectivity index (χ1n) is 6.76. The lowest BCUT2D eigenvalue weighted by Crippen LogP contribution is -2.36. The van der Waals surface area contributed by atoms with Crippen molar-refractivity contribution in [1.29, 1.82) is 0 Å². The second kappa shape index (κ2) is 4.96. The summed E-state index contributed by atoms with van der Waals surface area (Å²) in [5.74, 6) is -0.571. The predicted octanol–water partition coefficient (Wildman–Crippen LogP) is 2.06. The predicted molar refractivity (Wildman–Crippen MR) is 72.4 cm³/mol. The van der Waals surface area contributed by atoms with E-state index in [1.807, 2.05) is 6.07 Å². The van der Waals surface area contributed by atoms with Gasteiger partial charge in [0.05, 0.1) is 0 Å². The minimum atomic E-state index is -0.718. The van der Waals surface area contributed by atoms with Gasteiger partial charge in [0.25, 0.3) is 5.91 Å². The van der Waals surface area contributed by atoms with E-state index in [4.69, 9.17) is 4.74 Å². The molecule has 1 heterocycles. The molecule has 3 rings (SSSR count). The Labute approximate surface area is 116 Å². The summed E-state index contributed by atoms with van der Waals surface area (Å²) in [6.07, 6.45) is 4.64. The number of carbonyl (C=O) groups excluding carboxylic acids is 2. The van der Waals surface area contributed by atoms with Crippen LogP contribution in [-0.4, -0.2) is 24.0 Å². The minimum Gasteiger partial charge on any atom is -0.448 e. The molecule has 0 unspecified atom stereocenters. The minimum absolute atomic E-state index is 0.194. The summed E-state index contributed by atoms with van der Waals surface area (Å²) in [6, 6.07) is 2.21. The summed E-state index contributed by atoms with van der Waals surface area (Å²) in [5, 5.41) is 2.84. The second-order valence-corrected chi connectivity index (χ2v) is 6.38. The van der Waals surface area contributed by atoms with Gasteiger partial charge in [-0.2, -0.15) is 0 Å². The number of fused-ring (bicyclic) bond motifs is 1. The van der Waals surface area contributed by atoms with Crippen LogP contribution in [0.15, 0.2) is 6.07 Å². The molecule has 19 heavy (non-hydrogen) atoms. The quantitative estimate of drug-likeness (QED) is 0.858. The highest BCUT2D eigenvalue weighted by molar-refractivity contribution is 7.14. The Morgan fingerprint density at radius 3 is 2.89 bits per heavy atom. The Hall–Kier alpha value is -1.36. The average Bonchev–Trinajstić information content (AvgIpc) is 2.91. The van der Waals surface area contributed by atoms with Crippen molar-refractivity contribution in [3.05, 3.63) is 21.4 Å². The number of hydrogen-bond acceptors (Lipinski definition) is 4. The van der Waals surface area contributed by atoms with E-state index in [9.17, 15) is 9.59 Å². The zero-order valence-corrected chi connectivity index (χ0v) is 11.7. The van der Waals surface area contributed by atoms with Crippen molar-refractivity contribution in [3.8, 4) is 0 Å². The third-order valence-electron chi connectivity index (χ3n) is 3.52. The van der Waals surface area contributed by atoms with Gasteiger partial charge >= 0.3 is 5.97 Å². The molecule has 1 atom stereocenters. The van der Waals surface area contributed by atoms with E-state index in [0.717, 1.165) is 25.7 Å². The zero-order chi connectivity index (χ0) is 13.4. The van der Waals surface area contributed by atoms with Gasteiger partial charge in [-0.1, -0.05) is 0 Å². The first-order chi connectivity index (χ1) is 9.13. The van der Waals surface area contributed by atoms with Crippen molar-refractivity contribution < 1.29 is 14.3 Å². The maximum atomic E-state index is 12.0. The maximum absolute atomic E-state index is 12.0. The largest absolute Gasteiger partial charge is 0.448 e. The van der Waals surface area contributed by atoms with E-state index in [-0.39, 0.29) is 11.9 Å². The molecule has 0 saturated heterocycles. The second-order valence-electron chi connectivity index (χ2n) is 5.24. The molecule has 0 aromatic carbocycles. The normalized spacial score (nSPS) is 18.8. The van der Waals surface area contributed by atoms with Crippen molar-refractivity contribution in [2.24, 2.45) is 0 Å². The number of thiophene rings is 1. The van der Waals surface area contributed by atoms with Crippen LogP contribution in [0.2, 0.25) is 0 Å². The number of nitrogens with one attached hydrogen (secondary N) is 1. The first-order valence-corrected chi connectivity index (χ1v) is 7.58. The summed E-state index contributed by atoms with van der Waals surface area (Å²) in [6.45, 7) is 1.62. The molecule has 1 fully saturated rings. The fourth-order valence-electron chi connectivity index (χ4n) is 2.25. The third-order valence-corrected chi connectivity index (χ3v) is 4.74. The fourth-order valence-corrected chi connectivity index (χ4v) is 3.38. The summed E-state index contributed by atoms with van der Waals surface area (Å²) in [5.41, 5.74) is 1.27. The molecule has 1 N–H and O–H groups in total. The van der Waals surface area contributed by atoms with Crippen molar-refractivity contribution in [2.45, 2.75) is 51.2 Å². The van der Waals surface area contributed by atoms with Crippen LogP contribution < -0.4 is 5.32 Å². The van der Waals surface area contributed by atoms with Gasteiger partial charge in [-0.25, -0.2) is 4.79 Å². The van der Waals surface area contributed by atoms with E-state index in [1.165, 1.54) is 28.2 Å². The lowest BCUT2D eigenvalue weighted by Gasteiger charge is -2.12. The number of amides is 1. The Morgan fingerprint density at radius 2 is 2.21 bits per heavy atom. The maximum Gasteiger partial charge on any atom is 0.349 e. The molecule has 102 valence electrons. The molecule has 0 radical (unpaired) electrons. The molecule has 4 nitrogen and oxygen atoms in total. The van der Waals surface area contributed by atoms with E-state index >= 15 is 0 Å². The van der Waals surface area contributed by atoms with Gasteiger partial charge < -0.3 is 10.1 Å². The SMILES string of the molecule is C[C@@H](OC(=O)c1cc2c(s1)CCC2)C(=O)NC1CC1. The van der Waals surface area contributed by atoms with E-state index in [0.29, 0.717) is 10.9 Å². The molecular formula is C14H17NO3S. The molecule has 5 heteroatoms. The average molecular weight is 279 g/mol. The molecule has 0 aliphatic heterocycles. The molecule has 1 amide bonds. The molecule has 2 aliphatic carbocycles. The fraction of sp³-hybridized carbons (Fsp3) is 0.571. The smallest absolute Gasteiger partial charge is 0.349 e. The van der Waals surface area contributed by atoms with Gasteiger partial charge in [-0.15, -0.1) is 11.3 Å². The summed E-state index contributed by atoms with van der Waals surface area (Å²) in [7, 11) is 0. The Kier molecular flexibility index (Phi) is 3.31. The lowest BCUT2D eigenvalue weighted by atomic mass is 10.2. The topological polar surface area (TPSA) is 55.4 Å². The molecule has 0 spiro atoms. The number of aryl methyl sites for hydroxylation is 2. The number of ether oxygens (including phenoxy) is 1. The highest BCUT2D eigenvalue weighted by Crippen LogP contribution is 2.31. The van der Waals surface area contributed by atoms with Gasteiger partial charge in [-0.3, -0.25) is 4.79 Å². The van der Waals surface area contributed by atoms with Crippen LogP contribution in [0.25, 0.3) is 0 Å². The molecule has 1 saturated carbocycles. The van der Waals surface area contributed by atoms with Crippen LogP contribution in [0, 0.1) is 0 Å². The molecule has 1 aromatic heterocycles. The number of hydrogen-bond donors (Lipinski definition) is 1. The highest BCUT2D eigenvalue weighted by Gasteiger charge is 2.28. The lowest BCUT2D eigenvalue weighted by molar-refractivity contribution is -0.129. The van der Waals surface area contributed by atoms with Crippen LogP contribution in [0.1, 0.15) is 46.3 Å². The summed E-state index contributed by atoms with van der Waals surface area (Å²) in [4.78, 5) is 25.6. The number of esters is 1. The molecule has 1 aromatic rings. The number of rotatable bonds is 4. The van der Waals surface area contributed by atoms with Crippen molar-refractivity contribution in [2.75, 3.05) is 0 Å². The van der Waals surface area contributed by atoms with Crippen LogP contribution in [0.4, 0.5) is 0 Å². The van der Waals surface area contributed by atoms with Crippen molar-refractivity contribution in [1.82, 2.24) is 5.32 Å². The van der Waals surface area contributed by atoms with Gasteiger partial charge in [0, 0.05) is 10.9 Å². The monoisotopic (exact) mass is 279 g/mol. The number of carbonyl (C=O) groups is 2. The Morgan fingerprint density at radius 1 is 1.42 bits per heavy atom. The van der Waals surface area contributed by atoms with Crippen molar-refractivity contribution >= 4 is 23.2 Å². The zero-order valence-electron chi connectivity index (χ0n) is 10.9. The summed E-state index contributed by atoms with van der Waals surface area (Å²) < 4.78 is 5.22. The van der Waals surface area contributed by atoms with Crippen LogP contribution >= 0.6 is 11.3 Å². The van der Waals surface area contributed by atoms with Crippen LogP contribution in [0.3, 0.4) is 0 Å². The molecular weight excluding hydrogens is 262 g/mol. The molecule has 0 bridgehead atoms. The van der Waals surface area contributed by atoms with E-state index in [2.05, 4.69) is 5.32 Å². The summed E-state index contributed by atoms with van der Waals surface area (Å²) >= 11 is 1.50. The molecule has 2 aliphatic rings. The Balaban J connectivity index is 1.58. The van der Waals surface area contributed by atoms with Gasteiger partial charge in [-0.05, 0) is 50.7 Å². The van der Waals surface area contributed by atoms with Gasteiger partial charge in [0.2, 0.25) is 0 Å². The van der Waals surface area contributed by atoms with Crippen LogP contribution in [0.5, 0.6) is 0 Å². The first kappa shape index (κ1) is 12.7. The van der Waals surface area contributed by atoms with E-state index in [1.54, 1.807) is 6.92 Å². The van der Waals surface area contributed by atoms with Gasteiger partial charge in [0.1, 0.15) is 4.88 Å². The Bertz CT molecular complexity index is 497. The van der Waals surface area contributed by atoms with E-state index < -0.39 is 6.10 Å².